The fourth-order valence-corrected chi connectivity index (χ4v) is 2.57. The van der Waals surface area contributed by atoms with Crippen molar-refractivity contribution in [2.45, 2.75) is 33.3 Å². The zero-order valence-corrected chi connectivity index (χ0v) is 13.0. The van der Waals surface area contributed by atoms with Gasteiger partial charge in [-0.3, -0.25) is 4.79 Å². The average molecular weight is 293 g/mol. The molecule has 1 aromatic heterocycles. The molecule has 0 bridgehead atoms. The maximum atomic E-state index is 12.0. The van der Waals surface area contributed by atoms with Gasteiger partial charge >= 0.3 is 0 Å². The largest absolute Gasteiger partial charge is 0.473 e. The lowest BCUT2D eigenvalue weighted by molar-refractivity contribution is -0.128. The molecular weight excluding hydrogens is 270 g/mol. The number of nitrogens with zero attached hydrogens (tertiary/aromatic N) is 3. The highest BCUT2D eigenvalue weighted by Crippen LogP contribution is 2.36. The Hall–Kier alpha value is -2.05. The highest BCUT2D eigenvalue weighted by atomic mass is 16.5. The van der Waals surface area contributed by atoms with Gasteiger partial charge in [-0.1, -0.05) is 0 Å². The summed E-state index contributed by atoms with van der Waals surface area (Å²) in [6.07, 6.45) is 2.19. The van der Waals surface area contributed by atoms with Crippen LogP contribution in [0.15, 0.2) is 6.33 Å². The number of nitrogen functional groups attached to an aromatic ring is 1. The van der Waals surface area contributed by atoms with E-state index in [1.165, 1.54) is 6.33 Å². The van der Waals surface area contributed by atoms with Crippen LogP contribution in [0, 0.1) is 5.41 Å². The van der Waals surface area contributed by atoms with E-state index in [1.807, 2.05) is 25.7 Å². The summed E-state index contributed by atoms with van der Waals surface area (Å²) in [5.41, 5.74) is 6.11. The fraction of sp³-hybridized carbons (Fsp3) is 0.643. The maximum Gasteiger partial charge on any atom is 0.242 e. The van der Waals surface area contributed by atoms with Gasteiger partial charge in [0.05, 0.1) is 11.5 Å². The Bertz CT molecular complexity index is 534. The monoisotopic (exact) mass is 293 g/mol. The van der Waals surface area contributed by atoms with Crippen molar-refractivity contribution in [2.24, 2.45) is 5.41 Å². The van der Waals surface area contributed by atoms with Crippen LogP contribution >= 0.6 is 0 Å². The number of hydrogen-bond donors (Lipinski definition) is 2. The number of carbonyl (C=O) groups excluding carboxylic acids is 1. The lowest BCUT2D eigenvalue weighted by atomic mass is 9.89. The van der Waals surface area contributed by atoms with Gasteiger partial charge in [-0.05, 0) is 27.2 Å². The summed E-state index contributed by atoms with van der Waals surface area (Å²) in [5, 5.41) is 2.72. The number of rotatable bonds is 4. The van der Waals surface area contributed by atoms with Crippen molar-refractivity contribution < 1.29 is 9.53 Å². The van der Waals surface area contributed by atoms with Crippen LogP contribution in [0.2, 0.25) is 0 Å². The van der Waals surface area contributed by atoms with Crippen molar-refractivity contribution in [3.05, 3.63) is 6.33 Å². The number of amides is 1. The van der Waals surface area contributed by atoms with Gasteiger partial charge in [0.25, 0.3) is 0 Å². The standard InChI is InChI=1S/C14H23N5O2/c1-9(2)21-12-10(15)11(17-8-18-12)19-6-5-14(3,7-19)13(20)16-4/h8-9H,5-7,15H2,1-4H3,(H,16,20). The van der Waals surface area contributed by atoms with Gasteiger partial charge < -0.3 is 20.7 Å². The normalized spacial score (nSPS) is 21.7. The molecule has 2 heterocycles. The second-order valence-corrected chi connectivity index (χ2v) is 5.89. The quantitative estimate of drug-likeness (QED) is 0.853. The third-order valence-corrected chi connectivity index (χ3v) is 3.72. The average Bonchev–Trinajstić information content (AvgIpc) is 2.83. The minimum atomic E-state index is -0.425. The molecule has 1 aliphatic heterocycles. The van der Waals surface area contributed by atoms with Crippen molar-refractivity contribution in [3.8, 4) is 5.88 Å². The van der Waals surface area contributed by atoms with E-state index in [9.17, 15) is 4.79 Å². The summed E-state index contributed by atoms with van der Waals surface area (Å²) in [6.45, 7) is 7.09. The molecule has 3 N–H and O–H groups in total. The number of aromatic nitrogens is 2. The summed E-state index contributed by atoms with van der Waals surface area (Å²) >= 11 is 0. The molecule has 1 aromatic rings. The summed E-state index contributed by atoms with van der Waals surface area (Å²) in [6, 6.07) is 0. The van der Waals surface area contributed by atoms with Crippen LogP contribution in [-0.4, -0.2) is 42.1 Å². The molecule has 7 heteroatoms. The van der Waals surface area contributed by atoms with Gasteiger partial charge in [0, 0.05) is 20.1 Å². The molecule has 1 saturated heterocycles. The van der Waals surface area contributed by atoms with E-state index in [0.29, 0.717) is 23.9 Å². The number of nitrogens with one attached hydrogen (secondary N) is 1. The topological polar surface area (TPSA) is 93.4 Å². The van der Waals surface area contributed by atoms with Gasteiger partial charge in [0.2, 0.25) is 11.8 Å². The fourth-order valence-electron chi connectivity index (χ4n) is 2.57. The molecule has 0 radical (unpaired) electrons. The molecule has 0 aliphatic carbocycles. The first-order valence-electron chi connectivity index (χ1n) is 7.11. The maximum absolute atomic E-state index is 12.0. The molecule has 0 aromatic carbocycles. The van der Waals surface area contributed by atoms with Crippen molar-refractivity contribution in [1.29, 1.82) is 0 Å². The number of ether oxygens (including phenoxy) is 1. The molecule has 1 aliphatic rings. The highest BCUT2D eigenvalue weighted by molar-refractivity contribution is 5.84. The van der Waals surface area contributed by atoms with E-state index in [0.717, 1.165) is 13.0 Å². The third-order valence-electron chi connectivity index (χ3n) is 3.72. The van der Waals surface area contributed by atoms with Crippen LogP contribution < -0.4 is 20.7 Å². The molecule has 7 nitrogen and oxygen atoms in total. The first-order chi connectivity index (χ1) is 9.87. The summed E-state index contributed by atoms with van der Waals surface area (Å²) in [7, 11) is 1.66. The Morgan fingerprint density at radius 1 is 1.52 bits per heavy atom. The van der Waals surface area contributed by atoms with Crippen molar-refractivity contribution >= 4 is 17.4 Å². The predicted molar refractivity (Wildman–Crippen MR) is 81.2 cm³/mol. The first kappa shape index (κ1) is 15.3. The predicted octanol–water partition coefficient (Wildman–Crippen LogP) is 0.808. The zero-order valence-electron chi connectivity index (χ0n) is 13.0. The molecule has 21 heavy (non-hydrogen) atoms. The Kier molecular flexibility index (Phi) is 4.20. The number of carbonyl (C=O) groups is 1. The van der Waals surface area contributed by atoms with Crippen LogP contribution in [-0.2, 0) is 4.79 Å². The van der Waals surface area contributed by atoms with Crippen molar-refractivity contribution in [3.63, 3.8) is 0 Å². The first-order valence-corrected chi connectivity index (χ1v) is 7.11. The number of hydrogen-bond acceptors (Lipinski definition) is 6. The molecule has 1 atom stereocenters. The molecule has 1 fully saturated rings. The van der Waals surface area contributed by atoms with E-state index >= 15 is 0 Å². The van der Waals surface area contributed by atoms with Gasteiger partial charge in [-0.25, -0.2) is 4.98 Å². The van der Waals surface area contributed by atoms with Crippen LogP contribution in [0.4, 0.5) is 11.5 Å². The summed E-state index contributed by atoms with van der Waals surface area (Å²) < 4.78 is 5.58. The number of nitrogens with two attached hydrogens (primary N) is 1. The second-order valence-electron chi connectivity index (χ2n) is 5.89. The minimum absolute atomic E-state index is 0.00948. The Morgan fingerprint density at radius 2 is 2.24 bits per heavy atom. The van der Waals surface area contributed by atoms with Crippen molar-refractivity contribution in [1.82, 2.24) is 15.3 Å². The molecule has 1 amide bonds. The van der Waals surface area contributed by atoms with Crippen LogP contribution in [0.5, 0.6) is 5.88 Å². The SMILES string of the molecule is CNC(=O)C1(C)CCN(c2ncnc(OC(C)C)c2N)C1. The third kappa shape index (κ3) is 3.01. The van der Waals surface area contributed by atoms with Crippen LogP contribution in [0.3, 0.4) is 0 Å². The van der Waals surface area contributed by atoms with Gasteiger partial charge in [-0.2, -0.15) is 4.98 Å². The second kappa shape index (κ2) is 5.75. The Morgan fingerprint density at radius 3 is 2.86 bits per heavy atom. The van der Waals surface area contributed by atoms with Gasteiger partial charge in [0.15, 0.2) is 5.82 Å². The molecule has 0 spiro atoms. The molecule has 2 rings (SSSR count). The Labute approximate surface area is 124 Å². The van der Waals surface area contributed by atoms with E-state index in [4.69, 9.17) is 10.5 Å². The summed E-state index contributed by atoms with van der Waals surface area (Å²) in [4.78, 5) is 22.3. The van der Waals surface area contributed by atoms with Crippen LogP contribution in [0.25, 0.3) is 0 Å². The van der Waals surface area contributed by atoms with E-state index in [2.05, 4.69) is 15.3 Å². The van der Waals surface area contributed by atoms with Crippen LogP contribution in [0.1, 0.15) is 27.2 Å². The molecule has 0 saturated carbocycles. The zero-order chi connectivity index (χ0) is 15.6. The molecular formula is C14H23N5O2. The molecule has 116 valence electrons. The summed E-state index contributed by atoms with van der Waals surface area (Å²) in [5.74, 6) is 1.06. The number of anilines is 2. The minimum Gasteiger partial charge on any atom is -0.473 e. The smallest absolute Gasteiger partial charge is 0.242 e. The van der Waals surface area contributed by atoms with Gasteiger partial charge in [-0.15, -0.1) is 0 Å². The van der Waals surface area contributed by atoms with E-state index < -0.39 is 5.41 Å². The molecule has 1 unspecified atom stereocenters. The van der Waals surface area contributed by atoms with E-state index in [1.54, 1.807) is 7.05 Å². The highest BCUT2D eigenvalue weighted by Gasteiger charge is 2.41. The Balaban J connectivity index is 2.22. The van der Waals surface area contributed by atoms with Gasteiger partial charge in [0.1, 0.15) is 12.0 Å². The van der Waals surface area contributed by atoms with E-state index in [-0.39, 0.29) is 12.0 Å². The lowest BCUT2D eigenvalue weighted by Crippen LogP contribution is -2.39. The lowest BCUT2D eigenvalue weighted by Gasteiger charge is -2.24. The van der Waals surface area contributed by atoms with Crippen molar-refractivity contribution in [2.75, 3.05) is 30.8 Å².